The van der Waals surface area contributed by atoms with E-state index in [0.717, 1.165) is 11.1 Å². The minimum Gasteiger partial charge on any atom is -0.321 e. The van der Waals surface area contributed by atoms with E-state index in [-0.39, 0.29) is 11.8 Å². The van der Waals surface area contributed by atoms with Gasteiger partial charge in [-0.25, -0.2) is 0 Å². The molecule has 48 heavy (non-hydrogen) atoms. The van der Waals surface area contributed by atoms with Crippen LogP contribution in [0.5, 0.6) is 0 Å². The van der Waals surface area contributed by atoms with Crippen molar-refractivity contribution in [3.05, 3.63) is 132 Å². The van der Waals surface area contributed by atoms with Crippen molar-refractivity contribution in [1.82, 2.24) is 29.5 Å². The summed E-state index contributed by atoms with van der Waals surface area (Å²) in [6, 6.07) is 28.2. The van der Waals surface area contributed by atoms with Crippen LogP contribution in [-0.4, -0.2) is 41.3 Å². The van der Waals surface area contributed by atoms with Crippen molar-refractivity contribution in [3.8, 4) is 34.7 Å². The number of aryl methyl sites for hydroxylation is 2. The number of hydrogen-bond donors (Lipinski definition) is 2. The molecule has 0 bridgehead atoms. The van der Waals surface area contributed by atoms with E-state index < -0.39 is 0 Å². The highest BCUT2D eigenvalue weighted by molar-refractivity contribution is 6.04. The van der Waals surface area contributed by atoms with Crippen LogP contribution in [0.1, 0.15) is 44.9 Å². The van der Waals surface area contributed by atoms with Crippen LogP contribution >= 0.6 is 0 Å². The molecule has 0 fully saturated rings. The molecule has 6 rings (SSSR count). The topological polar surface area (TPSA) is 167 Å². The number of aromatic nitrogens is 6. The van der Waals surface area contributed by atoms with Crippen LogP contribution in [0.4, 0.5) is 11.4 Å². The van der Waals surface area contributed by atoms with Crippen molar-refractivity contribution in [2.45, 2.75) is 25.9 Å². The van der Waals surface area contributed by atoms with E-state index in [4.69, 9.17) is 20.7 Å². The molecule has 2 N–H and O–H groups in total. The number of pyridine rings is 2. The van der Waals surface area contributed by atoms with Crippen molar-refractivity contribution < 1.29 is 9.59 Å². The number of nitrogens with zero attached hydrogens (tertiary/aromatic N) is 8. The van der Waals surface area contributed by atoms with Gasteiger partial charge in [0, 0.05) is 60.4 Å². The molecule has 234 valence electrons. The number of carbonyl (C=O) groups is 2. The lowest BCUT2D eigenvalue weighted by molar-refractivity contribution is 0.100. The van der Waals surface area contributed by atoms with Crippen LogP contribution in [0.2, 0.25) is 0 Å². The smallest absolute Gasteiger partial charge is 0.273 e. The van der Waals surface area contributed by atoms with Gasteiger partial charge in [0.05, 0.1) is 34.7 Å². The summed E-state index contributed by atoms with van der Waals surface area (Å²) in [7, 11) is 0. The second kappa shape index (κ2) is 14.5. The van der Waals surface area contributed by atoms with Crippen LogP contribution in [0.25, 0.3) is 22.5 Å². The normalized spacial score (nSPS) is 10.5. The van der Waals surface area contributed by atoms with E-state index in [2.05, 4.69) is 32.7 Å². The highest BCUT2D eigenvalue weighted by atomic mass is 16.2. The highest BCUT2D eigenvalue weighted by Gasteiger charge is 2.19. The second-order valence-electron chi connectivity index (χ2n) is 10.7. The molecule has 12 heteroatoms. The summed E-state index contributed by atoms with van der Waals surface area (Å²) < 4.78 is 3.36. The van der Waals surface area contributed by atoms with Crippen LogP contribution in [0.3, 0.4) is 0 Å². The Morgan fingerprint density at radius 2 is 0.958 bits per heavy atom. The van der Waals surface area contributed by atoms with E-state index in [9.17, 15) is 9.59 Å². The molecule has 0 unspecified atom stereocenters. The van der Waals surface area contributed by atoms with Crippen LogP contribution in [0.15, 0.2) is 110 Å². The van der Waals surface area contributed by atoms with Crippen LogP contribution < -0.4 is 10.6 Å². The fraction of sp³-hybridized carbons (Fsp3) is 0.111. The van der Waals surface area contributed by atoms with Gasteiger partial charge in [0.15, 0.2) is 0 Å². The Morgan fingerprint density at radius 3 is 1.31 bits per heavy atom. The quantitative estimate of drug-likeness (QED) is 0.166. The minimum absolute atomic E-state index is 0.330. The Bertz CT molecular complexity index is 1970. The van der Waals surface area contributed by atoms with E-state index >= 15 is 0 Å². The third kappa shape index (κ3) is 7.30. The number of hydrogen-bond acceptors (Lipinski definition) is 8. The molecule has 0 atom stereocenters. The Morgan fingerprint density at radius 1 is 0.583 bits per heavy atom. The predicted octanol–water partition coefficient (Wildman–Crippen LogP) is 5.93. The molecule has 0 saturated heterocycles. The molecule has 0 saturated carbocycles. The zero-order valence-electron chi connectivity index (χ0n) is 25.6. The van der Waals surface area contributed by atoms with Crippen LogP contribution in [0, 0.1) is 22.7 Å². The summed E-state index contributed by atoms with van der Waals surface area (Å²) in [4.78, 5) is 35.0. The Hall–Kier alpha value is -6.92. The van der Waals surface area contributed by atoms with E-state index in [1.54, 1.807) is 94.8 Å². The van der Waals surface area contributed by atoms with E-state index in [0.29, 0.717) is 71.2 Å². The van der Waals surface area contributed by atoms with Gasteiger partial charge in [-0.15, -0.1) is 0 Å². The van der Waals surface area contributed by atoms with Crippen molar-refractivity contribution >= 4 is 23.2 Å². The summed E-state index contributed by atoms with van der Waals surface area (Å²) in [5.41, 5.74) is 5.82. The molecule has 4 heterocycles. The van der Waals surface area contributed by atoms with Crippen molar-refractivity contribution in [3.63, 3.8) is 0 Å². The van der Waals surface area contributed by atoms with Gasteiger partial charge in [-0.2, -0.15) is 20.7 Å². The van der Waals surface area contributed by atoms with Gasteiger partial charge >= 0.3 is 0 Å². The maximum absolute atomic E-state index is 13.4. The van der Waals surface area contributed by atoms with Gasteiger partial charge in [-0.3, -0.25) is 28.9 Å². The van der Waals surface area contributed by atoms with E-state index in [1.165, 1.54) is 0 Å². The van der Waals surface area contributed by atoms with Gasteiger partial charge in [0.2, 0.25) is 0 Å². The molecule has 0 aliphatic carbocycles. The molecule has 12 nitrogen and oxygen atoms in total. The van der Waals surface area contributed by atoms with Gasteiger partial charge in [-0.1, -0.05) is 0 Å². The summed E-state index contributed by atoms with van der Waals surface area (Å²) in [6.07, 6.45) is 7.95. The first-order chi connectivity index (χ1) is 23.5. The molecular weight excluding hydrogens is 604 g/mol. The average Bonchev–Trinajstić information content (AvgIpc) is 3.77. The number of nitrogens with one attached hydrogen (secondary N) is 2. The van der Waals surface area contributed by atoms with Crippen molar-refractivity contribution in [1.29, 1.82) is 10.5 Å². The maximum atomic E-state index is 13.4. The predicted molar refractivity (Wildman–Crippen MR) is 178 cm³/mol. The number of anilines is 2. The summed E-state index contributed by atoms with van der Waals surface area (Å²) in [5, 5.41) is 33.4. The Balaban J connectivity index is 1.19. The van der Waals surface area contributed by atoms with Gasteiger partial charge in [-0.05, 0) is 97.8 Å². The number of carbonyl (C=O) groups excluding carboxylic acids is 2. The molecule has 0 spiro atoms. The number of amides is 2. The maximum Gasteiger partial charge on any atom is 0.273 e. The first-order valence-electron chi connectivity index (χ1n) is 15.1. The molecule has 2 amide bonds. The number of benzene rings is 2. The van der Waals surface area contributed by atoms with Gasteiger partial charge in [0.25, 0.3) is 11.8 Å². The first kappa shape index (κ1) is 31.1. The molecule has 4 aromatic heterocycles. The molecular formula is C36H28N10O2. The Kier molecular flexibility index (Phi) is 9.36. The fourth-order valence-corrected chi connectivity index (χ4v) is 5.04. The lowest BCUT2D eigenvalue weighted by Gasteiger charge is -2.10. The third-order valence-electron chi connectivity index (χ3n) is 7.51. The Labute approximate surface area is 275 Å². The van der Waals surface area contributed by atoms with Crippen molar-refractivity contribution in [2.24, 2.45) is 0 Å². The molecule has 0 aliphatic rings. The highest BCUT2D eigenvalue weighted by Crippen LogP contribution is 2.22. The molecule has 6 aromatic rings. The lowest BCUT2D eigenvalue weighted by atomic mass is 10.2. The number of rotatable bonds is 11. The van der Waals surface area contributed by atoms with Gasteiger partial charge < -0.3 is 10.6 Å². The molecule has 0 aliphatic heterocycles. The fourth-order valence-electron chi connectivity index (χ4n) is 5.04. The van der Waals surface area contributed by atoms with Crippen LogP contribution in [-0.2, 0) is 13.1 Å². The second-order valence-corrected chi connectivity index (χ2v) is 10.7. The van der Waals surface area contributed by atoms with Gasteiger partial charge in [0.1, 0.15) is 11.4 Å². The summed E-state index contributed by atoms with van der Waals surface area (Å²) in [6.45, 7) is 0.874. The zero-order valence-corrected chi connectivity index (χ0v) is 25.6. The largest absolute Gasteiger partial charge is 0.321 e. The minimum atomic E-state index is -0.330. The SMILES string of the molecule is N#Cc1ccc(NC(=O)c2cc(-c3ccncc3)nn2CCCCn2nc(-c3ccncc3)cc2C(=O)Nc2ccc(C#N)cc2)cc1. The monoisotopic (exact) mass is 632 g/mol. The van der Waals surface area contributed by atoms with Crippen molar-refractivity contribution in [2.75, 3.05) is 10.6 Å². The third-order valence-corrected chi connectivity index (χ3v) is 7.51. The zero-order chi connectivity index (χ0) is 33.3. The molecule has 2 aromatic carbocycles. The number of unbranched alkanes of at least 4 members (excludes halogenated alkanes) is 1. The molecule has 0 radical (unpaired) electrons. The summed E-state index contributed by atoms with van der Waals surface area (Å²) in [5.74, 6) is -0.660. The number of nitriles is 2. The lowest BCUT2D eigenvalue weighted by Crippen LogP contribution is -2.19. The summed E-state index contributed by atoms with van der Waals surface area (Å²) >= 11 is 0. The standard InChI is InChI=1S/C36H28N10O2/c37-23-25-3-7-29(8-4-25)41-35(47)33-21-31(27-11-15-39-16-12-27)43-45(33)19-1-2-20-46-34(22-32(44-46)28-13-17-40-18-14-28)36(48)42-30-9-5-26(24-38)6-10-30/h3-18,21-22H,1-2,19-20H2,(H,41,47)(H,42,48). The average molecular weight is 633 g/mol. The van der Waals surface area contributed by atoms with E-state index in [1.807, 2.05) is 24.3 Å². The first-order valence-corrected chi connectivity index (χ1v) is 15.1.